The molecule has 2 rings (SSSR count). The Morgan fingerprint density at radius 3 is 2.90 bits per heavy atom. The number of amides is 2. The van der Waals surface area contributed by atoms with Crippen LogP contribution in [0.5, 0.6) is 0 Å². The summed E-state index contributed by atoms with van der Waals surface area (Å²) in [6.07, 6.45) is 0.451. The Morgan fingerprint density at radius 2 is 2.24 bits per heavy atom. The summed E-state index contributed by atoms with van der Waals surface area (Å²) in [5, 5.41) is 14.3. The van der Waals surface area contributed by atoms with Crippen LogP contribution in [0.25, 0.3) is 0 Å². The molecule has 3 N–H and O–H groups in total. The molecule has 0 spiro atoms. The first-order chi connectivity index (χ1) is 10.0. The Labute approximate surface area is 126 Å². The molecule has 0 saturated heterocycles. The number of thioether (sulfide) groups is 1. The highest BCUT2D eigenvalue weighted by Gasteiger charge is 2.19. The highest BCUT2D eigenvalue weighted by atomic mass is 32.2. The first kappa shape index (κ1) is 15.4. The van der Waals surface area contributed by atoms with Gasteiger partial charge in [-0.1, -0.05) is 6.92 Å². The van der Waals surface area contributed by atoms with Crippen LogP contribution in [-0.4, -0.2) is 35.2 Å². The van der Waals surface area contributed by atoms with Crippen LogP contribution in [0.3, 0.4) is 0 Å². The number of hydrogen-bond donors (Lipinski definition) is 3. The van der Waals surface area contributed by atoms with Gasteiger partial charge < -0.3 is 15.7 Å². The first-order valence-corrected chi connectivity index (χ1v) is 7.57. The summed E-state index contributed by atoms with van der Waals surface area (Å²) >= 11 is 1.42. The molecule has 1 aromatic rings. The maximum absolute atomic E-state index is 12.0. The second kappa shape index (κ2) is 6.62. The van der Waals surface area contributed by atoms with Crippen LogP contribution >= 0.6 is 11.8 Å². The third-order valence-corrected chi connectivity index (χ3v) is 4.30. The topological polar surface area (TPSA) is 95.5 Å². The number of carboxylic acid groups (broad SMARTS) is 1. The molecular weight excluding hydrogens is 292 g/mol. The third-order valence-electron chi connectivity index (χ3n) is 3.23. The first-order valence-electron chi connectivity index (χ1n) is 6.59. The summed E-state index contributed by atoms with van der Waals surface area (Å²) < 4.78 is 0. The molecule has 1 aliphatic rings. The van der Waals surface area contributed by atoms with E-state index >= 15 is 0 Å². The van der Waals surface area contributed by atoms with Gasteiger partial charge in [0.15, 0.2) is 0 Å². The number of nitrogens with one attached hydrogen (secondary N) is 2. The molecule has 1 aliphatic heterocycles. The van der Waals surface area contributed by atoms with Crippen molar-refractivity contribution in [1.82, 2.24) is 5.32 Å². The van der Waals surface area contributed by atoms with E-state index in [4.69, 9.17) is 5.11 Å². The van der Waals surface area contributed by atoms with Crippen molar-refractivity contribution in [3.05, 3.63) is 23.8 Å². The van der Waals surface area contributed by atoms with Gasteiger partial charge in [0, 0.05) is 17.0 Å². The van der Waals surface area contributed by atoms with Crippen LogP contribution in [0.4, 0.5) is 5.69 Å². The Balaban J connectivity index is 2.04. The number of aliphatic carboxylic acids is 1. The Kier molecular flexibility index (Phi) is 4.85. The van der Waals surface area contributed by atoms with Gasteiger partial charge in [-0.25, -0.2) is 0 Å². The summed E-state index contributed by atoms with van der Waals surface area (Å²) in [6, 6.07) is 5.06. The minimum absolute atomic E-state index is 0.0862. The number of fused-ring (bicyclic) bond motifs is 1. The van der Waals surface area contributed by atoms with Gasteiger partial charge in [0.05, 0.1) is 17.4 Å². The molecule has 0 bridgehead atoms. The molecule has 21 heavy (non-hydrogen) atoms. The van der Waals surface area contributed by atoms with Gasteiger partial charge in [0.25, 0.3) is 5.91 Å². The Hall–Kier alpha value is -2.02. The molecule has 1 aromatic carbocycles. The molecule has 112 valence electrons. The van der Waals surface area contributed by atoms with Crippen LogP contribution in [0.15, 0.2) is 23.1 Å². The lowest BCUT2D eigenvalue weighted by atomic mass is 10.1. The zero-order chi connectivity index (χ0) is 15.4. The number of carbonyl (C=O) groups excluding carboxylic acids is 2. The molecule has 0 aliphatic carbocycles. The van der Waals surface area contributed by atoms with Crippen LogP contribution in [-0.2, 0) is 9.59 Å². The number of carboxylic acids is 1. The monoisotopic (exact) mass is 308 g/mol. The molecule has 0 radical (unpaired) electrons. The third kappa shape index (κ3) is 3.75. The quantitative estimate of drug-likeness (QED) is 0.767. The molecule has 1 atom stereocenters. The van der Waals surface area contributed by atoms with Crippen molar-refractivity contribution < 1.29 is 19.5 Å². The highest BCUT2D eigenvalue weighted by Crippen LogP contribution is 2.31. The molecule has 0 fully saturated rings. The maximum Gasteiger partial charge on any atom is 0.308 e. The number of hydrogen-bond acceptors (Lipinski definition) is 4. The van der Waals surface area contributed by atoms with Crippen LogP contribution < -0.4 is 10.6 Å². The molecule has 0 saturated carbocycles. The fourth-order valence-electron chi connectivity index (χ4n) is 1.95. The van der Waals surface area contributed by atoms with Gasteiger partial charge in [-0.3, -0.25) is 14.4 Å². The van der Waals surface area contributed by atoms with E-state index in [1.165, 1.54) is 11.8 Å². The van der Waals surface area contributed by atoms with Crippen LogP contribution in [0.1, 0.15) is 23.7 Å². The van der Waals surface area contributed by atoms with Crippen molar-refractivity contribution in [2.24, 2.45) is 5.92 Å². The minimum Gasteiger partial charge on any atom is -0.481 e. The van der Waals surface area contributed by atoms with Crippen LogP contribution in [0, 0.1) is 5.92 Å². The predicted octanol–water partition coefficient (Wildman–Crippen LogP) is 1.57. The molecule has 1 heterocycles. The summed E-state index contributed by atoms with van der Waals surface area (Å²) in [5.41, 5.74) is 1.02. The SMILES string of the molecule is CCC(CNC(=O)c1ccc2c(c1)NC(=O)CS2)C(=O)O. The van der Waals surface area contributed by atoms with E-state index < -0.39 is 11.9 Å². The number of benzene rings is 1. The fraction of sp³-hybridized carbons (Fsp3) is 0.357. The Bertz CT molecular complexity index is 588. The largest absolute Gasteiger partial charge is 0.481 e. The van der Waals surface area contributed by atoms with Gasteiger partial charge in [-0.05, 0) is 24.6 Å². The van der Waals surface area contributed by atoms with Crippen molar-refractivity contribution in [2.45, 2.75) is 18.2 Å². The number of anilines is 1. The number of carbonyl (C=O) groups is 3. The zero-order valence-electron chi connectivity index (χ0n) is 11.5. The molecular formula is C14H16N2O4S. The van der Waals surface area contributed by atoms with Gasteiger partial charge in [-0.15, -0.1) is 11.8 Å². The summed E-state index contributed by atoms with van der Waals surface area (Å²) in [4.78, 5) is 35.2. The molecule has 6 nitrogen and oxygen atoms in total. The average Bonchev–Trinajstić information content (AvgIpc) is 2.46. The van der Waals surface area contributed by atoms with E-state index in [0.717, 1.165) is 4.90 Å². The Morgan fingerprint density at radius 1 is 1.48 bits per heavy atom. The second-order valence-electron chi connectivity index (χ2n) is 4.70. The summed E-state index contributed by atoms with van der Waals surface area (Å²) in [7, 11) is 0. The maximum atomic E-state index is 12.0. The van der Waals surface area contributed by atoms with Gasteiger partial charge in [0.1, 0.15) is 0 Å². The lowest BCUT2D eigenvalue weighted by molar-refractivity contribution is -0.141. The van der Waals surface area contributed by atoms with Crippen molar-refractivity contribution in [3.63, 3.8) is 0 Å². The van der Waals surface area contributed by atoms with Crippen molar-refractivity contribution in [3.8, 4) is 0 Å². The van der Waals surface area contributed by atoms with E-state index in [9.17, 15) is 14.4 Å². The summed E-state index contributed by atoms with van der Waals surface area (Å²) in [6.45, 7) is 1.85. The van der Waals surface area contributed by atoms with E-state index in [0.29, 0.717) is 23.4 Å². The lowest BCUT2D eigenvalue weighted by Gasteiger charge is -2.17. The van der Waals surface area contributed by atoms with Crippen molar-refractivity contribution >= 4 is 35.2 Å². The van der Waals surface area contributed by atoms with Gasteiger partial charge in [0.2, 0.25) is 5.91 Å². The highest BCUT2D eigenvalue weighted by molar-refractivity contribution is 8.00. The smallest absolute Gasteiger partial charge is 0.308 e. The lowest BCUT2D eigenvalue weighted by Crippen LogP contribution is -2.32. The van der Waals surface area contributed by atoms with Gasteiger partial charge >= 0.3 is 5.97 Å². The fourth-order valence-corrected chi connectivity index (χ4v) is 2.74. The van der Waals surface area contributed by atoms with Crippen LogP contribution in [0.2, 0.25) is 0 Å². The average molecular weight is 308 g/mol. The minimum atomic E-state index is -0.924. The predicted molar refractivity (Wildman–Crippen MR) is 79.5 cm³/mol. The molecule has 2 amide bonds. The van der Waals surface area contributed by atoms with Gasteiger partial charge in [-0.2, -0.15) is 0 Å². The zero-order valence-corrected chi connectivity index (χ0v) is 12.3. The van der Waals surface area contributed by atoms with Crippen molar-refractivity contribution in [1.29, 1.82) is 0 Å². The molecule has 0 aromatic heterocycles. The molecule has 1 unspecified atom stereocenters. The second-order valence-corrected chi connectivity index (χ2v) is 5.72. The molecule has 7 heteroatoms. The van der Waals surface area contributed by atoms with E-state index in [-0.39, 0.29) is 18.4 Å². The standard InChI is InChI=1S/C14H16N2O4S/c1-2-8(14(19)20)6-15-13(18)9-3-4-11-10(5-9)16-12(17)7-21-11/h3-5,8H,2,6-7H2,1H3,(H,15,18)(H,16,17)(H,19,20). The summed E-state index contributed by atoms with van der Waals surface area (Å²) in [5.74, 6) is -1.59. The van der Waals surface area contributed by atoms with Crippen molar-refractivity contribution in [2.75, 3.05) is 17.6 Å². The van der Waals surface area contributed by atoms with E-state index in [2.05, 4.69) is 10.6 Å². The normalized spacial score (nSPS) is 14.8. The number of rotatable bonds is 5. The van der Waals surface area contributed by atoms with E-state index in [1.54, 1.807) is 25.1 Å². The van der Waals surface area contributed by atoms with E-state index in [1.807, 2.05) is 0 Å².